The number of anilines is 2. The van der Waals surface area contributed by atoms with Crippen molar-refractivity contribution >= 4 is 29.3 Å². The largest absolute Gasteiger partial charge is 0.384 e. The Balaban J connectivity index is 1.65. The van der Waals surface area contributed by atoms with Crippen LogP contribution >= 0.6 is 11.8 Å². The Kier molecular flexibility index (Phi) is 6.68. The predicted octanol–water partition coefficient (Wildman–Crippen LogP) is 1.99. The van der Waals surface area contributed by atoms with Crippen LogP contribution in [0.25, 0.3) is 5.69 Å². The molecular weight excluding hydrogens is 442 g/mol. The van der Waals surface area contributed by atoms with E-state index >= 15 is 0 Å². The van der Waals surface area contributed by atoms with Crippen molar-refractivity contribution in [3.05, 3.63) is 56.2 Å². The molecular formula is C22H27N7O3S. The molecule has 0 unspecified atom stereocenters. The van der Waals surface area contributed by atoms with Gasteiger partial charge < -0.3 is 10.6 Å². The number of Topliss-reactive ketones (excluding diaryl/α,β-unsaturated/α-hetero) is 1. The van der Waals surface area contributed by atoms with Crippen LogP contribution in [0.4, 0.5) is 11.8 Å². The summed E-state index contributed by atoms with van der Waals surface area (Å²) in [6, 6.07) is 8.01. The summed E-state index contributed by atoms with van der Waals surface area (Å²) in [6.45, 7) is 6.02. The quantitative estimate of drug-likeness (QED) is 0.378. The SMILES string of the molecule is CCCn1c(N)c(C(=O)CSc2nnc(N3CCCC3)n2-c2ccc(C)cc2)c(=O)[nH]c1=O. The molecule has 11 heteroatoms. The van der Waals surface area contributed by atoms with E-state index in [9.17, 15) is 14.4 Å². The van der Waals surface area contributed by atoms with Crippen molar-refractivity contribution in [2.24, 2.45) is 0 Å². The molecule has 0 spiro atoms. The number of ketones is 1. The zero-order valence-electron chi connectivity index (χ0n) is 18.7. The topological polar surface area (TPSA) is 132 Å². The normalized spacial score (nSPS) is 13.6. The first-order valence-corrected chi connectivity index (χ1v) is 11.9. The van der Waals surface area contributed by atoms with Gasteiger partial charge in [0.25, 0.3) is 5.56 Å². The zero-order valence-corrected chi connectivity index (χ0v) is 19.5. The van der Waals surface area contributed by atoms with Crippen LogP contribution in [0.5, 0.6) is 0 Å². The molecule has 0 radical (unpaired) electrons. The average molecular weight is 470 g/mol. The highest BCUT2D eigenvalue weighted by molar-refractivity contribution is 7.99. The first-order valence-electron chi connectivity index (χ1n) is 11.0. The molecule has 1 aliphatic heterocycles. The number of benzene rings is 1. The maximum atomic E-state index is 13.0. The lowest BCUT2D eigenvalue weighted by atomic mass is 10.2. The number of nitrogens with two attached hydrogens (primary N) is 1. The van der Waals surface area contributed by atoms with Crippen molar-refractivity contribution in [1.82, 2.24) is 24.3 Å². The van der Waals surface area contributed by atoms with E-state index in [1.54, 1.807) is 0 Å². The second-order valence-corrected chi connectivity index (χ2v) is 8.97. The fourth-order valence-corrected chi connectivity index (χ4v) is 4.72. The number of thioether (sulfide) groups is 1. The molecule has 2 aromatic heterocycles. The van der Waals surface area contributed by atoms with Crippen molar-refractivity contribution in [3.63, 3.8) is 0 Å². The maximum Gasteiger partial charge on any atom is 0.329 e. The number of nitrogen functional groups attached to an aromatic ring is 1. The van der Waals surface area contributed by atoms with Crippen LogP contribution in [0.3, 0.4) is 0 Å². The van der Waals surface area contributed by atoms with E-state index in [0.29, 0.717) is 18.1 Å². The average Bonchev–Trinajstić information content (AvgIpc) is 3.45. The molecule has 3 heterocycles. The van der Waals surface area contributed by atoms with Gasteiger partial charge in [0.15, 0.2) is 10.9 Å². The molecule has 3 aromatic rings. The van der Waals surface area contributed by atoms with Crippen molar-refractivity contribution in [2.75, 3.05) is 29.5 Å². The summed E-state index contributed by atoms with van der Waals surface area (Å²) in [6.07, 6.45) is 2.83. The summed E-state index contributed by atoms with van der Waals surface area (Å²) in [5.74, 6) is 0.0978. The Morgan fingerprint density at radius 3 is 2.52 bits per heavy atom. The second-order valence-electron chi connectivity index (χ2n) is 8.03. The number of hydrogen-bond acceptors (Lipinski definition) is 8. The van der Waals surface area contributed by atoms with E-state index < -0.39 is 17.0 Å². The molecule has 0 aliphatic carbocycles. The Morgan fingerprint density at radius 2 is 1.85 bits per heavy atom. The number of aromatic nitrogens is 5. The fraction of sp³-hybridized carbons (Fsp3) is 0.409. The molecule has 0 saturated carbocycles. The number of hydrogen-bond donors (Lipinski definition) is 2. The number of H-pyrrole nitrogens is 1. The Morgan fingerprint density at radius 1 is 1.15 bits per heavy atom. The van der Waals surface area contributed by atoms with E-state index in [2.05, 4.69) is 20.1 Å². The van der Waals surface area contributed by atoms with E-state index in [1.165, 1.54) is 16.3 Å². The Bertz CT molecular complexity index is 1270. The van der Waals surface area contributed by atoms with Crippen molar-refractivity contribution in [2.45, 2.75) is 44.8 Å². The summed E-state index contributed by atoms with van der Waals surface area (Å²) in [5.41, 5.74) is 6.49. The van der Waals surface area contributed by atoms with E-state index in [-0.39, 0.29) is 17.1 Å². The lowest BCUT2D eigenvalue weighted by Gasteiger charge is -2.18. The molecule has 33 heavy (non-hydrogen) atoms. The predicted molar refractivity (Wildman–Crippen MR) is 129 cm³/mol. The van der Waals surface area contributed by atoms with Crippen LogP contribution < -0.4 is 21.9 Å². The Labute approximate surface area is 194 Å². The number of aromatic amines is 1. The minimum absolute atomic E-state index is 0.0679. The number of rotatable bonds is 8. The van der Waals surface area contributed by atoms with Crippen LogP contribution in [0, 0.1) is 6.92 Å². The van der Waals surface area contributed by atoms with Crippen molar-refractivity contribution in [3.8, 4) is 5.69 Å². The van der Waals surface area contributed by atoms with E-state index in [4.69, 9.17) is 5.73 Å². The third-order valence-electron chi connectivity index (χ3n) is 5.60. The van der Waals surface area contributed by atoms with Crippen LogP contribution in [0.2, 0.25) is 0 Å². The second kappa shape index (κ2) is 9.65. The third kappa shape index (κ3) is 4.58. The van der Waals surface area contributed by atoms with Gasteiger partial charge in [-0.15, -0.1) is 10.2 Å². The minimum atomic E-state index is -0.770. The summed E-state index contributed by atoms with van der Waals surface area (Å²) >= 11 is 1.19. The van der Waals surface area contributed by atoms with Gasteiger partial charge in [-0.05, 0) is 38.3 Å². The molecule has 0 bridgehead atoms. The number of carbonyl (C=O) groups excluding carboxylic acids is 1. The lowest BCUT2D eigenvalue weighted by molar-refractivity contribution is 0.102. The van der Waals surface area contributed by atoms with Crippen LogP contribution in [0.1, 0.15) is 42.1 Å². The van der Waals surface area contributed by atoms with Gasteiger partial charge in [-0.2, -0.15) is 0 Å². The van der Waals surface area contributed by atoms with Gasteiger partial charge in [0.1, 0.15) is 11.4 Å². The van der Waals surface area contributed by atoms with Crippen molar-refractivity contribution in [1.29, 1.82) is 0 Å². The molecule has 4 rings (SSSR count). The highest BCUT2D eigenvalue weighted by Crippen LogP contribution is 2.29. The third-order valence-corrected chi connectivity index (χ3v) is 6.52. The maximum absolute atomic E-state index is 13.0. The van der Waals surface area contributed by atoms with E-state index in [0.717, 1.165) is 43.1 Å². The van der Waals surface area contributed by atoms with Gasteiger partial charge in [0.05, 0.1) is 11.4 Å². The zero-order chi connectivity index (χ0) is 23.5. The van der Waals surface area contributed by atoms with Crippen LogP contribution in [-0.4, -0.2) is 48.9 Å². The molecule has 1 aliphatic rings. The highest BCUT2D eigenvalue weighted by Gasteiger charge is 2.24. The lowest BCUT2D eigenvalue weighted by Crippen LogP contribution is -2.36. The summed E-state index contributed by atoms with van der Waals surface area (Å²) < 4.78 is 3.16. The molecule has 3 N–H and O–H groups in total. The summed E-state index contributed by atoms with van der Waals surface area (Å²) in [7, 11) is 0. The molecule has 0 amide bonds. The molecule has 1 fully saturated rings. The number of nitrogens with zero attached hydrogens (tertiary/aromatic N) is 5. The standard InChI is InChI=1S/C22H27N7O3S/c1-3-10-28-18(23)17(19(31)24-21(28)32)16(30)13-33-22-26-25-20(27-11-4-5-12-27)29(22)15-8-6-14(2)7-9-15/h6-9H,3-5,10-13,23H2,1-2H3,(H,24,31,32). The fourth-order valence-electron chi connectivity index (χ4n) is 3.90. The first kappa shape index (κ1) is 22.8. The van der Waals surface area contributed by atoms with Crippen molar-refractivity contribution < 1.29 is 4.79 Å². The van der Waals surface area contributed by atoms with Gasteiger partial charge >= 0.3 is 5.69 Å². The van der Waals surface area contributed by atoms with Gasteiger partial charge in [0.2, 0.25) is 5.95 Å². The van der Waals surface area contributed by atoms with Gasteiger partial charge in [-0.3, -0.25) is 23.7 Å². The van der Waals surface area contributed by atoms with Crippen LogP contribution in [-0.2, 0) is 6.54 Å². The molecule has 174 valence electrons. The van der Waals surface area contributed by atoms with Gasteiger partial charge in [-0.1, -0.05) is 36.4 Å². The monoisotopic (exact) mass is 469 g/mol. The molecule has 1 saturated heterocycles. The van der Waals surface area contributed by atoms with Gasteiger partial charge in [-0.25, -0.2) is 4.79 Å². The first-order chi connectivity index (χ1) is 15.9. The summed E-state index contributed by atoms with van der Waals surface area (Å²) in [5, 5.41) is 9.29. The number of carbonyl (C=O) groups is 1. The molecule has 1 aromatic carbocycles. The molecule has 10 nitrogen and oxygen atoms in total. The molecule has 0 atom stereocenters. The van der Waals surface area contributed by atoms with Gasteiger partial charge in [0, 0.05) is 19.6 Å². The number of aryl methyl sites for hydroxylation is 1. The highest BCUT2D eigenvalue weighted by atomic mass is 32.2. The smallest absolute Gasteiger partial charge is 0.329 e. The number of nitrogens with one attached hydrogen (secondary N) is 1. The van der Waals surface area contributed by atoms with Crippen LogP contribution in [0.15, 0.2) is 39.0 Å². The summed E-state index contributed by atoms with van der Waals surface area (Å²) in [4.78, 5) is 41.8. The van der Waals surface area contributed by atoms with E-state index in [1.807, 2.05) is 42.7 Å². The Hall–Kier alpha value is -3.34. The minimum Gasteiger partial charge on any atom is -0.384 e.